The number of rotatable bonds is 8. The molecule has 0 amide bonds. The van der Waals surface area contributed by atoms with Crippen LogP contribution in [0.3, 0.4) is 0 Å². The van der Waals surface area contributed by atoms with Crippen LogP contribution in [0.5, 0.6) is 5.75 Å². The number of benzene rings is 1. The molecule has 0 aromatic heterocycles. The van der Waals surface area contributed by atoms with Crippen molar-refractivity contribution >= 4 is 0 Å². The van der Waals surface area contributed by atoms with Crippen LogP contribution >= 0.6 is 0 Å². The Morgan fingerprint density at radius 3 is 2.61 bits per heavy atom. The topological polar surface area (TPSA) is 29.5 Å². The van der Waals surface area contributed by atoms with E-state index in [1.165, 1.54) is 32.4 Å². The predicted molar refractivity (Wildman–Crippen MR) is 71.3 cm³/mol. The summed E-state index contributed by atoms with van der Waals surface area (Å²) >= 11 is 0. The van der Waals surface area contributed by atoms with Gasteiger partial charge in [-0.05, 0) is 18.6 Å². The highest BCUT2D eigenvalue weighted by atomic mass is 19.1. The molecule has 0 spiro atoms. The predicted octanol–water partition coefficient (Wildman–Crippen LogP) is 4.23. The summed E-state index contributed by atoms with van der Waals surface area (Å²) < 4.78 is 18.8. The molecule has 102 valence electrons. The van der Waals surface area contributed by atoms with Crippen LogP contribution < -0.4 is 4.74 Å². The molecule has 3 heteroatoms. The first-order valence-corrected chi connectivity index (χ1v) is 6.71. The zero-order valence-electron chi connectivity index (χ0n) is 11.3. The third kappa shape index (κ3) is 4.30. The molecule has 18 heavy (non-hydrogen) atoms. The monoisotopic (exact) mass is 254 g/mol. The van der Waals surface area contributed by atoms with Crippen molar-refractivity contribution in [3.8, 4) is 5.75 Å². The standard InChI is InChI=1S/C15H23FO2/c1-3-4-5-6-7-10-13(17)15-12(16)9-8-11-14(15)18-2/h8-9,11,13,17H,3-7,10H2,1-2H3. The fourth-order valence-electron chi connectivity index (χ4n) is 2.10. The molecule has 0 bridgehead atoms. The maximum atomic E-state index is 13.7. The molecule has 0 aliphatic heterocycles. The number of unbranched alkanes of at least 4 members (excludes halogenated alkanes) is 4. The summed E-state index contributed by atoms with van der Waals surface area (Å²) in [7, 11) is 1.49. The van der Waals surface area contributed by atoms with E-state index in [4.69, 9.17) is 4.74 Å². The largest absolute Gasteiger partial charge is 0.496 e. The van der Waals surface area contributed by atoms with Gasteiger partial charge in [0.15, 0.2) is 0 Å². The number of hydrogen-bond acceptors (Lipinski definition) is 2. The highest BCUT2D eigenvalue weighted by Crippen LogP contribution is 2.30. The van der Waals surface area contributed by atoms with E-state index in [9.17, 15) is 9.50 Å². The summed E-state index contributed by atoms with van der Waals surface area (Å²) in [6.07, 6.45) is 5.41. The Balaban J connectivity index is 2.53. The first-order chi connectivity index (χ1) is 8.70. The first kappa shape index (κ1) is 15.0. The van der Waals surface area contributed by atoms with E-state index >= 15 is 0 Å². The minimum Gasteiger partial charge on any atom is -0.496 e. The second kappa shape index (κ2) is 8.09. The summed E-state index contributed by atoms with van der Waals surface area (Å²) in [6, 6.07) is 4.63. The van der Waals surface area contributed by atoms with Crippen LogP contribution in [0.15, 0.2) is 18.2 Å². The van der Waals surface area contributed by atoms with Crippen LogP contribution in [0.4, 0.5) is 4.39 Å². The second-order valence-electron chi connectivity index (χ2n) is 4.57. The zero-order chi connectivity index (χ0) is 13.4. The molecule has 1 N–H and O–H groups in total. The van der Waals surface area contributed by atoms with Gasteiger partial charge >= 0.3 is 0 Å². The van der Waals surface area contributed by atoms with E-state index in [1.54, 1.807) is 12.1 Å². The van der Waals surface area contributed by atoms with Crippen LogP contribution in [0.1, 0.15) is 57.1 Å². The van der Waals surface area contributed by atoms with Crippen LogP contribution in [-0.4, -0.2) is 12.2 Å². The molecule has 0 saturated heterocycles. The van der Waals surface area contributed by atoms with Gasteiger partial charge in [0.1, 0.15) is 11.6 Å². The molecule has 0 radical (unpaired) electrons. The second-order valence-corrected chi connectivity index (χ2v) is 4.57. The summed E-state index contributed by atoms with van der Waals surface area (Å²) in [5.74, 6) is 0.0338. The van der Waals surface area contributed by atoms with Crippen molar-refractivity contribution in [2.45, 2.75) is 51.6 Å². The van der Waals surface area contributed by atoms with E-state index < -0.39 is 11.9 Å². The van der Waals surface area contributed by atoms with Crippen molar-refractivity contribution < 1.29 is 14.2 Å². The maximum absolute atomic E-state index is 13.7. The first-order valence-electron chi connectivity index (χ1n) is 6.71. The smallest absolute Gasteiger partial charge is 0.132 e. The molecule has 2 nitrogen and oxygen atoms in total. The minimum absolute atomic E-state index is 0.287. The van der Waals surface area contributed by atoms with Gasteiger partial charge in [0, 0.05) is 0 Å². The quantitative estimate of drug-likeness (QED) is 0.703. The maximum Gasteiger partial charge on any atom is 0.132 e. The van der Waals surface area contributed by atoms with Crippen LogP contribution in [0.25, 0.3) is 0 Å². The zero-order valence-corrected chi connectivity index (χ0v) is 11.3. The number of ether oxygens (including phenoxy) is 1. The lowest BCUT2D eigenvalue weighted by atomic mass is 10.0. The molecule has 1 unspecified atom stereocenters. The van der Waals surface area contributed by atoms with Crippen molar-refractivity contribution in [2.75, 3.05) is 7.11 Å². The number of hydrogen-bond donors (Lipinski definition) is 1. The van der Waals surface area contributed by atoms with Gasteiger partial charge in [-0.1, -0.05) is 45.1 Å². The Morgan fingerprint density at radius 2 is 1.94 bits per heavy atom. The number of methoxy groups -OCH3 is 1. The van der Waals surface area contributed by atoms with E-state index in [1.807, 2.05) is 0 Å². The minimum atomic E-state index is -0.775. The molecule has 0 fully saturated rings. The van der Waals surface area contributed by atoms with Crippen molar-refractivity contribution in [2.24, 2.45) is 0 Å². The van der Waals surface area contributed by atoms with Crippen LogP contribution in [0.2, 0.25) is 0 Å². The molecule has 0 aliphatic rings. The van der Waals surface area contributed by atoms with Crippen molar-refractivity contribution in [3.05, 3.63) is 29.6 Å². The number of aliphatic hydroxyl groups is 1. The van der Waals surface area contributed by atoms with E-state index in [0.29, 0.717) is 12.2 Å². The van der Waals surface area contributed by atoms with Gasteiger partial charge in [-0.25, -0.2) is 4.39 Å². The van der Waals surface area contributed by atoms with Gasteiger partial charge in [-0.3, -0.25) is 0 Å². The average molecular weight is 254 g/mol. The SMILES string of the molecule is CCCCCCCC(O)c1c(F)cccc1OC. The molecule has 1 rings (SSSR count). The molecule has 1 aromatic rings. The Kier molecular flexibility index (Phi) is 6.73. The number of halogens is 1. The summed E-state index contributed by atoms with van der Waals surface area (Å²) in [6.45, 7) is 2.17. The molecule has 0 heterocycles. The van der Waals surface area contributed by atoms with Gasteiger partial charge in [-0.2, -0.15) is 0 Å². The Morgan fingerprint density at radius 1 is 1.22 bits per heavy atom. The third-order valence-corrected chi connectivity index (χ3v) is 3.15. The number of aliphatic hydroxyl groups excluding tert-OH is 1. The molecule has 1 aromatic carbocycles. The molecule has 0 saturated carbocycles. The van der Waals surface area contributed by atoms with Crippen molar-refractivity contribution in [1.82, 2.24) is 0 Å². The summed E-state index contributed by atoms with van der Waals surface area (Å²) in [5, 5.41) is 10.0. The average Bonchev–Trinajstić information content (AvgIpc) is 2.37. The van der Waals surface area contributed by atoms with Gasteiger partial charge in [0.05, 0.1) is 18.8 Å². The molecule has 0 aliphatic carbocycles. The highest BCUT2D eigenvalue weighted by molar-refractivity contribution is 5.36. The lowest BCUT2D eigenvalue weighted by Crippen LogP contribution is -2.03. The molecule has 1 atom stereocenters. The molecular weight excluding hydrogens is 231 g/mol. The van der Waals surface area contributed by atoms with Gasteiger partial charge < -0.3 is 9.84 Å². The fraction of sp³-hybridized carbons (Fsp3) is 0.600. The van der Waals surface area contributed by atoms with Gasteiger partial charge in [0.25, 0.3) is 0 Å². The van der Waals surface area contributed by atoms with Gasteiger partial charge in [0.2, 0.25) is 0 Å². The Labute approximate surface area is 109 Å². The van der Waals surface area contributed by atoms with Crippen molar-refractivity contribution in [1.29, 1.82) is 0 Å². The summed E-state index contributed by atoms with van der Waals surface area (Å²) in [5.41, 5.74) is 0.287. The Hall–Kier alpha value is -1.09. The van der Waals surface area contributed by atoms with Crippen LogP contribution in [-0.2, 0) is 0 Å². The fourth-order valence-corrected chi connectivity index (χ4v) is 2.10. The van der Waals surface area contributed by atoms with Gasteiger partial charge in [-0.15, -0.1) is 0 Å². The third-order valence-electron chi connectivity index (χ3n) is 3.15. The highest BCUT2D eigenvalue weighted by Gasteiger charge is 2.17. The lowest BCUT2D eigenvalue weighted by molar-refractivity contribution is 0.154. The molecular formula is C15H23FO2. The summed E-state index contributed by atoms with van der Waals surface area (Å²) in [4.78, 5) is 0. The van der Waals surface area contributed by atoms with E-state index in [-0.39, 0.29) is 5.56 Å². The van der Waals surface area contributed by atoms with E-state index in [2.05, 4.69) is 6.92 Å². The normalized spacial score (nSPS) is 12.4. The lowest BCUT2D eigenvalue weighted by Gasteiger charge is -2.15. The Bertz CT molecular complexity index is 352. The van der Waals surface area contributed by atoms with Crippen molar-refractivity contribution in [3.63, 3.8) is 0 Å². The van der Waals surface area contributed by atoms with Crippen LogP contribution in [0, 0.1) is 5.82 Å². The van der Waals surface area contributed by atoms with E-state index in [0.717, 1.165) is 12.8 Å².